The Morgan fingerprint density at radius 1 is 0.556 bits per heavy atom. The molecule has 0 saturated heterocycles. The Bertz CT molecular complexity index is 694. The molecule has 0 aromatic heterocycles. The molecule has 0 radical (unpaired) electrons. The first-order valence-electron chi connectivity index (χ1n) is 19.5. The first kappa shape index (κ1) is 89.4. The van der Waals surface area contributed by atoms with E-state index < -0.39 is 11.1 Å². The van der Waals surface area contributed by atoms with Crippen LogP contribution >= 0.6 is 0 Å². The molecule has 0 aliphatic heterocycles. The van der Waals surface area contributed by atoms with Crippen LogP contribution in [0, 0.1) is 12.6 Å². The first-order chi connectivity index (χ1) is 25.1. The topological polar surface area (TPSA) is 88.6 Å². The van der Waals surface area contributed by atoms with Crippen molar-refractivity contribution in [1.29, 1.82) is 0 Å². The maximum atomic E-state index is 11.7. The number of nitrogens with zero attached hydrogens (tertiary/aromatic N) is 3. The monoisotopic (exact) mass is 805 g/mol. The molecule has 1 unspecified atom stereocenters. The second kappa shape index (κ2) is 80.3. The molecule has 328 valence electrons. The number of hydrogen-bond donors (Lipinski definition) is 0. The molecule has 1 atom stereocenters. The van der Waals surface area contributed by atoms with E-state index in [2.05, 4.69) is 37.6 Å². The Hall–Kier alpha value is -1.24. The molecule has 0 aliphatic rings. The van der Waals surface area contributed by atoms with E-state index in [1.165, 1.54) is 21.3 Å². The molecule has 9 nitrogen and oxygen atoms in total. The third-order valence-electron chi connectivity index (χ3n) is 5.69. The van der Waals surface area contributed by atoms with Gasteiger partial charge in [0.05, 0.1) is 21.3 Å². The quantitative estimate of drug-likeness (QED) is 0.0632. The number of carbonyl (C=O) groups excluding carboxylic acids is 3. The largest absolute Gasteiger partial charge is 1.00 e. The molecular weight excluding hydrogens is 706 g/mol. The normalized spacial score (nSPS) is 8.85. The number of ether oxygens (including phenoxy) is 3. The van der Waals surface area contributed by atoms with E-state index in [0.717, 1.165) is 0 Å². The van der Waals surface area contributed by atoms with Gasteiger partial charge >= 0.3 is 63.3 Å². The average molecular weight is 805 g/mol. The van der Waals surface area contributed by atoms with Crippen molar-refractivity contribution < 1.29 is 80.0 Å². The Morgan fingerprint density at radius 2 is 0.815 bits per heavy atom. The summed E-state index contributed by atoms with van der Waals surface area (Å²) in [6.45, 7) is 53.5. The average Bonchev–Trinajstić information content (AvgIpc) is 3.23. The van der Waals surface area contributed by atoms with Gasteiger partial charge in [0.2, 0.25) is 0 Å². The van der Waals surface area contributed by atoms with Crippen LogP contribution in [0.15, 0.2) is 44.5 Å². The van der Waals surface area contributed by atoms with Crippen LogP contribution in [0.2, 0.25) is 0 Å². The maximum absolute atomic E-state index is 11.7. The fraction of sp³-hybridized carbons (Fsp3) is 0.727. The molecule has 0 aromatic carbocycles. The van der Waals surface area contributed by atoms with Gasteiger partial charge in [-0.25, -0.2) is 6.04 Å². The van der Waals surface area contributed by atoms with Crippen molar-refractivity contribution in [2.75, 3.05) is 63.6 Å². The summed E-state index contributed by atoms with van der Waals surface area (Å²) in [6.07, 6.45) is 6.86. The predicted octanol–water partition coefficient (Wildman–Crippen LogP) is 8.76. The van der Waals surface area contributed by atoms with Crippen LogP contribution in [0.3, 0.4) is 0 Å². The number of likely N-dealkylation sites (N-methyl/N-ethyl adjacent to an activating group) is 3. The molecule has 0 aromatic rings. The van der Waals surface area contributed by atoms with E-state index >= 15 is 0 Å². The van der Waals surface area contributed by atoms with Crippen molar-refractivity contribution in [3.05, 3.63) is 57.2 Å². The van der Waals surface area contributed by atoms with Gasteiger partial charge in [-0.1, -0.05) is 129 Å². The minimum absolute atomic E-state index is 0. The number of hydrogen-bond acceptors (Lipinski definition) is 9. The molecule has 0 rings (SSSR count). The van der Waals surface area contributed by atoms with Gasteiger partial charge in [0, 0.05) is 0 Å². The first-order valence-corrected chi connectivity index (χ1v) is 19.5. The SMILES string of the molecule is C=CCC(C)(C(=O)OC)N(C)C.C=CCC(CC=C)(C(=O)OC)N(C)C.CC.CC.CC.CC.CC.CC.CC.CC.COC(=O)[C-](C)N(C)C.[CH-]=C.[K+]. The summed E-state index contributed by atoms with van der Waals surface area (Å²) in [7, 11) is 15.2. The second-order valence-electron chi connectivity index (χ2n) is 8.53. The molecule has 54 heavy (non-hydrogen) atoms. The van der Waals surface area contributed by atoms with E-state index in [-0.39, 0.29) is 69.3 Å². The zero-order valence-electron chi connectivity index (χ0n) is 42.1. The molecule has 0 N–H and O–H groups in total. The summed E-state index contributed by atoms with van der Waals surface area (Å²) >= 11 is 0. The Kier molecular flexibility index (Phi) is 133. The number of esters is 3. The van der Waals surface area contributed by atoms with Crippen LogP contribution in [0.25, 0.3) is 0 Å². The standard InChI is InChI=1S/C11H19NO2.C9H17NO2.C6H12NO2.8C2H6.C2H3.K/c1-6-8-11(9-7-2,12(3)4)10(13)14-5;1-6-7-9(2,10(3)4)8(11)12-5;1-5(7(2)3)6(8)9-4;9*1-2;/h6-7H,1-2,8-9H2,3-5H3;6H,1,7H2,2-5H3;1-4H3;8*1-2H3;1H,2H2;/q;;-1;;;;;;;;;-1;+1. The second-order valence-corrected chi connectivity index (χ2v) is 8.53. The summed E-state index contributed by atoms with van der Waals surface area (Å²) in [5.41, 5.74) is -1.24. The maximum Gasteiger partial charge on any atom is 1.00 e. The zero-order valence-corrected chi connectivity index (χ0v) is 45.2. The molecular formula is C44H99KN3O6-. The number of rotatable bonds is 12. The van der Waals surface area contributed by atoms with Gasteiger partial charge in [0.25, 0.3) is 0 Å². The van der Waals surface area contributed by atoms with E-state index in [9.17, 15) is 14.4 Å². The van der Waals surface area contributed by atoms with Crippen LogP contribution in [-0.4, -0.2) is 107 Å². The summed E-state index contributed by atoms with van der Waals surface area (Å²) in [5.74, 6) is -0.755. The Balaban J connectivity index is -0.0000000350. The smallest absolute Gasteiger partial charge is 0.521 e. The van der Waals surface area contributed by atoms with Crippen LogP contribution in [0.5, 0.6) is 0 Å². The fourth-order valence-electron chi connectivity index (χ4n) is 2.74. The number of methoxy groups -OCH3 is 3. The molecule has 0 spiro atoms. The van der Waals surface area contributed by atoms with Crippen LogP contribution < -0.4 is 51.4 Å². The molecule has 0 bridgehead atoms. The van der Waals surface area contributed by atoms with Crippen molar-refractivity contribution in [1.82, 2.24) is 14.7 Å². The summed E-state index contributed by atoms with van der Waals surface area (Å²) in [5, 5.41) is 0. The van der Waals surface area contributed by atoms with Crippen molar-refractivity contribution >= 4 is 17.9 Å². The van der Waals surface area contributed by atoms with Crippen molar-refractivity contribution in [3.8, 4) is 0 Å². The van der Waals surface area contributed by atoms with Gasteiger partial charge in [-0.15, -0.1) is 19.7 Å². The third-order valence-corrected chi connectivity index (χ3v) is 5.69. The minimum atomic E-state index is -0.655. The van der Waals surface area contributed by atoms with Crippen molar-refractivity contribution in [2.45, 2.75) is 155 Å². The van der Waals surface area contributed by atoms with Gasteiger partial charge in [-0.2, -0.15) is 6.92 Å². The number of carbonyl (C=O) groups is 3. The van der Waals surface area contributed by atoms with Gasteiger partial charge in [0.15, 0.2) is 5.97 Å². The molecule has 0 aliphatic carbocycles. The van der Waals surface area contributed by atoms with E-state index in [4.69, 9.17) is 9.47 Å². The molecule has 0 amide bonds. The van der Waals surface area contributed by atoms with E-state index in [0.29, 0.717) is 25.3 Å². The predicted molar refractivity (Wildman–Crippen MR) is 242 cm³/mol. The van der Waals surface area contributed by atoms with Crippen LogP contribution in [0.1, 0.15) is 144 Å². The van der Waals surface area contributed by atoms with Gasteiger partial charge in [-0.3, -0.25) is 30.8 Å². The zero-order chi connectivity index (χ0) is 46.4. The van der Waals surface area contributed by atoms with Crippen molar-refractivity contribution in [2.24, 2.45) is 0 Å². The summed E-state index contributed by atoms with van der Waals surface area (Å²) < 4.78 is 14.0. The van der Waals surface area contributed by atoms with Gasteiger partial charge < -0.3 is 25.7 Å². The minimum Gasteiger partial charge on any atom is -0.521 e. The van der Waals surface area contributed by atoms with E-state index in [1.807, 2.05) is 156 Å². The third kappa shape index (κ3) is 52.9. The Labute approximate surface area is 385 Å². The van der Waals surface area contributed by atoms with Crippen LogP contribution in [0.4, 0.5) is 0 Å². The molecule has 0 heterocycles. The van der Waals surface area contributed by atoms with Crippen LogP contribution in [-0.2, 0) is 28.6 Å². The Morgan fingerprint density at radius 3 is 0.944 bits per heavy atom. The van der Waals surface area contributed by atoms with Crippen molar-refractivity contribution in [3.63, 3.8) is 0 Å². The molecule has 0 saturated carbocycles. The van der Waals surface area contributed by atoms with Gasteiger partial charge in [0.1, 0.15) is 11.1 Å². The summed E-state index contributed by atoms with van der Waals surface area (Å²) in [6, 6.07) is 0.609. The van der Waals surface area contributed by atoms with Gasteiger partial charge in [-0.05, 0) is 68.5 Å². The summed E-state index contributed by atoms with van der Waals surface area (Å²) in [4.78, 5) is 39.1. The molecule has 10 heteroatoms. The van der Waals surface area contributed by atoms with E-state index in [1.54, 1.807) is 44.1 Å². The fourth-order valence-corrected chi connectivity index (χ4v) is 2.74. The molecule has 0 fully saturated rings.